The summed E-state index contributed by atoms with van der Waals surface area (Å²) in [4.78, 5) is 0. The second kappa shape index (κ2) is 5.64. The van der Waals surface area contributed by atoms with Gasteiger partial charge in [-0.05, 0) is 32.2 Å². The van der Waals surface area contributed by atoms with Gasteiger partial charge in [-0.15, -0.1) is 0 Å². The van der Waals surface area contributed by atoms with Gasteiger partial charge < -0.3 is 5.32 Å². The predicted octanol–water partition coefficient (Wildman–Crippen LogP) is 3.49. The lowest BCUT2D eigenvalue weighted by Gasteiger charge is -2.37. The van der Waals surface area contributed by atoms with E-state index in [1.54, 1.807) is 0 Å². The van der Waals surface area contributed by atoms with Gasteiger partial charge >= 0.3 is 0 Å². The van der Waals surface area contributed by atoms with E-state index in [0.717, 1.165) is 0 Å². The predicted molar refractivity (Wildman–Crippen MR) is 59.0 cm³/mol. The Morgan fingerprint density at radius 1 is 1.08 bits per heavy atom. The first-order chi connectivity index (χ1) is 6.33. The lowest BCUT2D eigenvalue weighted by atomic mass is 9.80. The largest absolute Gasteiger partial charge is 0.311 e. The molecule has 1 rings (SSSR count). The van der Waals surface area contributed by atoms with Gasteiger partial charge in [0.15, 0.2) is 0 Å². The highest BCUT2D eigenvalue weighted by molar-refractivity contribution is 4.89. The Morgan fingerprint density at radius 3 is 2.31 bits per heavy atom. The fraction of sp³-hybridized carbons (Fsp3) is 1.00. The quantitative estimate of drug-likeness (QED) is 0.643. The Hall–Kier alpha value is -0.0400. The zero-order valence-electron chi connectivity index (χ0n) is 9.36. The molecule has 0 aliphatic heterocycles. The molecule has 1 N–H and O–H groups in total. The molecule has 1 nitrogen and oxygen atoms in total. The molecule has 0 saturated heterocycles. The molecule has 13 heavy (non-hydrogen) atoms. The van der Waals surface area contributed by atoms with E-state index in [0.29, 0.717) is 5.54 Å². The van der Waals surface area contributed by atoms with E-state index < -0.39 is 0 Å². The number of hydrogen-bond acceptors (Lipinski definition) is 1. The van der Waals surface area contributed by atoms with Gasteiger partial charge in [0.05, 0.1) is 0 Å². The molecule has 0 aromatic heterocycles. The van der Waals surface area contributed by atoms with Crippen LogP contribution in [0.2, 0.25) is 0 Å². The normalized spacial score (nSPS) is 21.7. The average molecular weight is 183 g/mol. The average Bonchev–Trinajstić information content (AvgIpc) is 2.20. The van der Waals surface area contributed by atoms with Gasteiger partial charge in [0.25, 0.3) is 0 Å². The monoisotopic (exact) mass is 183 g/mol. The molecule has 0 spiro atoms. The maximum atomic E-state index is 3.79. The summed E-state index contributed by atoms with van der Waals surface area (Å²) in [6.45, 7) is 5.83. The van der Waals surface area contributed by atoms with Gasteiger partial charge in [-0.3, -0.25) is 0 Å². The van der Waals surface area contributed by atoms with Crippen molar-refractivity contribution in [1.29, 1.82) is 0 Å². The molecular weight excluding hydrogens is 158 g/mol. The Balaban J connectivity index is 2.29. The molecule has 1 fully saturated rings. The lowest BCUT2D eigenvalue weighted by Crippen LogP contribution is -2.46. The molecule has 0 bridgehead atoms. The van der Waals surface area contributed by atoms with E-state index in [1.165, 1.54) is 57.9 Å². The maximum absolute atomic E-state index is 3.79. The summed E-state index contributed by atoms with van der Waals surface area (Å²) in [5.41, 5.74) is 0.521. The lowest BCUT2D eigenvalue weighted by molar-refractivity contribution is 0.222. The van der Waals surface area contributed by atoms with Gasteiger partial charge in [0, 0.05) is 5.54 Å². The van der Waals surface area contributed by atoms with Crippen LogP contribution in [0, 0.1) is 0 Å². The number of unbranched alkanes of at least 4 members (excludes halogenated alkanes) is 1. The smallest absolute Gasteiger partial charge is 0.0178 e. The van der Waals surface area contributed by atoms with Gasteiger partial charge in [0.1, 0.15) is 0 Å². The Kier molecular flexibility index (Phi) is 4.79. The summed E-state index contributed by atoms with van der Waals surface area (Å²) in [5.74, 6) is 0. The van der Waals surface area contributed by atoms with Crippen molar-refractivity contribution in [2.45, 2.75) is 70.8 Å². The minimum atomic E-state index is 0.521. The zero-order chi connectivity index (χ0) is 9.57. The number of rotatable bonds is 5. The minimum absolute atomic E-state index is 0.521. The molecule has 0 radical (unpaired) electrons. The highest BCUT2D eigenvalue weighted by atomic mass is 15.0. The molecule has 0 amide bonds. The molecule has 0 aromatic rings. The summed E-state index contributed by atoms with van der Waals surface area (Å²) in [6.07, 6.45) is 11.1. The third-order valence-electron chi connectivity index (χ3n) is 3.52. The molecule has 1 heteroatoms. The number of hydrogen-bond donors (Lipinski definition) is 1. The van der Waals surface area contributed by atoms with E-state index in [-0.39, 0.29) is 0 Å². The van der Waals surface area contributed by atoms with Crippen molar-refractivity contribution in [3.8, 4) is 0 Å². The van der Waals surface area contributed by atoms with Crippen LogP contribution >= 0.6 is 0 Å². The van der Waals surface area contributed by atoms with Crippen LogP contribution in [0.3, 0.4) is 0 Å². The van der Waals surface area contributed by atoms with Gasteiger partial charge in [-0.1, -0.05) is 39.5 Å². The summed E-state index contributed by atoms with van der Waals surface area (Å²) in [5, 5.41) is 3.79. The standard InChI is InChI=1S/C12H25N/c1-3-5-11-13-12(4-2)9-7-6-8-10-12/h13H,3-11H2,1-2H3. The first-order valence-electron chi connectivity index (χ1n) is 6.08. The Morgan fingerprint density at radius 2 is 1.77 bits per heavy atom. The van der Waals surface area contributed by atoms with Crippen molar-refractivity contribution in [2.75, 3.05) is 6.54 Å². The Labute approximate surface area is 83.3 Å². The van der Waals surface area contributed by atoms with Crippen LogP contribution in [0.4, 0.5) is 0 Å². The van der Waals surface area contributed by atoms with E-state index in [2.05, 4.69) is 19.2 Å². The minimum Gasteiger partial charge on any atom is -0.311 e. The van der Waals surface area contributed by atoms with E-state index >= 15 is 0 Å². The van der Waals surface area contributed by atoms with Crippen molar-refractivity contribution < 1.29 is 0 Å². The molecule has 0 atom stereocenters. The molecular formula is C12H25N. The summed E-state index contributed by atoms with van der Waals surface area (Å²) in [6, 6.07) is 0. The third kappa shape index (κ3) is 3.30. The summed E-state index contributed by atoms with van der Waals surface area (Å²) < 4.78 is 0. The highest BCUT2D eigenvalue weighted by Gasteiger charge is 2.28. The van der Waals surface area contributed by atoms with Gasteiger partial charge in [-0.2, -0.15) is 0 Å². The van der Waals surface area contributed by atoms with E-state index in [9.17, 15) is 0 Å². The number of nitrogens with one attached hydrogen (secondary N) is 1. The fourth-order valence-corrected chi connectivity index (χ4v) is 2.41. The van der Waals surface area contributed by atoms with Crippen molar-refractivity contribution in [3.63, 3.8) is 0 Å². The fourth-order valence-electron chi connectivity index (χ4n) is 2.41. The van der Waals surface area contributed by atoms with Gasteiger partial charge in [0.2, 0.25) is 0 Å². The molecule has 0 unspecified atom stereocenters. The van der Waals surface area contributed by atoms with Crippen molar-refractivity contribution in [2.24, 2.45) is 0 Å². The van der Waals surface area contributed by atoms with Crippen molar-refractivity contribution in [1.82, 2.24) is 5.32 Å². The van der Waals surface area contributed by atoms with Crippen LogP contribution in [0.25, 0.3) is 0 Å². The van der Waals surface area contributed by atoms with Crippen molar-refractivity contribution >= 4 is 0 Å². The van der Waals surface area contributed by atoms with E-state index in [4.69, 9.17) is 0 Å². The molecule has 1 saturated carbocycles. The second-order valence-corrected chi connectivity index (χ2v) is 4.47. The summed E-state index contributed by atoms with van der Waals surface area (Å²) >= 11 is 0. The topological polar surface area (TPSA) is 12.0 Å². The van der Waals surface area contributed by atoms with Crippen LogP contribution < -0.4 is 5.32 Å². The third-order valence-corrected chi connectivity index (χ3v) is 3.52. The van der Waals surface area contributed by atoms with Crippen LogP contribution in [0.5, 0.6) is 0 Å². The van der Waals surface area contributed by atoms with Crippen LogP contribution in [0.1, 0.15) is 65.2 Å². The second-order valence-electron chi connectivity index (χ2n) is 4.47. The Bertz CT molecular complexity index is 125. The first-order valence-corrected chi connectivity index (χ1v) is 6.08. The van der Waals surface area contributed by atoms with Crippen molar-refractivity contribution in [3.05, 3.63) is 0 Å². The zero-order valence-corrected chi connectivity index (χ0v) is 9.36. The molecule has 1 aliphatic carbocycles. The molecule has 0 aromatic carbocycles. The molecule has 78 valence electrons. The molecule has 1 aliphatic rings. The molecule has 0 heterocycles. The maximum Gasteiger partial charge on any atom is 0.0178 e. The van der Waals surface area contributed by atoms with Crippen LogP contribution in [-0.4, -0.2) is 12.1 Å². The highest BCUT2D eigenvalue weighted by Crippen LogP contribution is 2.30. The SMILES string of the molecule is CCCCNC1(CC)CCCCC1. The van der Waals surface area contributed by atoms with Gasteiger partial charge in [-0.25, -0.2) is 0 Å². The van der Waals surface area contributed by atoms with Crippen LogP contribution in [0.15, 0.2) is 0 Å². The summed E-state index contributed by atoms with van der Waals surface area (Å²) in [7, 11) is 0. The first kappa shape index (κ1) is 11.0. The van der Waals surface area contributed by atoms with Crippen LogP contribution in [-0.2, 0) is 0 Å². The van der Waals surface area contributed by atoms with E-state index in [1.807, 2.05) is 0 Å².